The van der Waals surface area contributed by atoms with E-state index in [2.05, 4.69) is 10.1 Å². The molecule has 1 atom stereocenters. The average molecular weight is 299 g/mol. The van der Waals surface area contributed by atoms with E-state index in [0.717, 1.165) is 25.0 Å². The number of hydrogen-bond acceptors (Lipinski definition) is 3. The number of carbonyl (C=O) groups is 2. The van der Waals surface area contributed by atoms with Gasteiger partial charge in [0.25, 0.3) is 0 Å². The highest BCUT2D eigenvalue weighted by Crippen LogP contribution is 2.11. The van der Waals surface area contributed by atoms with Gasteiger partial charge in [-0.2, -0.15) is 0 Å². The molecular formula is C15H19F2NO3. The number of methoxy groups -OCH3 is 1. The average Bonchev–Trinajstić information content (AvgIpc) is 2.45. The van der Waals surface area contributed by atoms with Crippen LogP contribution in [0, 0.1) is 11.6 Å². The Morgan fingerprint density at radius 1 is 1.33 bits per heavy atom. The van der Waals surface area contributed by atoms with Crippen LogP contribution in [-0.2, 0) is 20.7 Å². The summed E-state index contributed by atoms with van der Waals surface area (Å²) in [5, 5.41) is 2.52. The van der Waals surface area contributed by atoms with Gasteiger partial charge in [0, 0.05) is 6.07 Å². The third kappa shape index (κ3) is 5.49. The molecule has 0 fully saturated rings. The minimum atomic E-state index is -0.784. The Labute approximate surface area is 122 Å². The van der Waals surface area contributed by atoms with Crippen molar-refractivity contribution < 1.29 is 23.1 Å². The van der Waals surface area contributed by atoms with Crippen LogP contribution in [0.3, 0.4) is 0 Å². The van der Waals surface area contributed by atoms with Crippen molar-refractivity contribution in [3.05, 3.63) is 35.4 Å². The lowest BCUT2D eigenvalue weighted by atomic mass is 10.1. The fourth-order valence-corrected chi connectivity index (χ4v) is 1.88. The lowest BCUT2D eigenvalue weighted by molar-refractivity contribution is -0.145. The molecule has 1 N–H and O–H groups in total. The maximum Gasteiger partial charge on any atom is 0.328 e. The highest BCUT2D eigenvalue weighted by molar-refractivity contribution is 5.85. The number of unbranched alkanes of at least 4 members (excludes halogenated alkanes) is 1. The van der Waals surface area contributed by atoms with Crippen LogP contribution in [0.4, 0.5) is 8.78 Å². The normalized spacial score (nSPS) is 11.8. The van der Waals surface area contributed by atoms with Crippen molar-refractivity contribution in [2.45, 2.75) is 38.6 Å². The predicted molar refractivity (Wildman–Crippen MR) is 73.5 cm³/mol. The zero-order chi connectivity index (χ0) is 15.8. The third-order valence-electron chi connectivity index (χ3n) is 3.03. The summed E-state index contributed by atoms with van der Waals surface area (Å²) in [5.41, 5.74) is 0.0769. The van der Waals surface area contributed by atoms with Gasteiger partial charge in [-0.3, -0.25) is 4.79 Å². The minimum Gasteiger partial charge on any atom is -0.467 e. The van der Waals surface area contributed by atoms with Crippen LogP contribution in [0.25, 0.3) is 0 Å². The second-order valence-corrected chi connectivity index (χ2v) is 4.70. The molecule has 116 valence electrons. The van der Waals surface area contributed by atoms with E-state index in [-0.39, 0.29) is 12.0 Å². The van der Waals surface area contributed by atoms with Gasteiger partial charge in [-0.1, -0.05) is 25.8 Å². The van der Waals surface area contributed by atoms with Crippen LogP contribution < -0.4 is 5.32 Å². The number of nitrogens with one attached hydrogen (secondary N) is 1. The van der Waals surface area contributed by atoms with E-state index in [0.29, 0.717) is 6.42 Å². The summed E-state index contributed by atoms with van der Waals surface area (Å²) >= 11 is 0. The van der Waals surface area contributed by atoms with Crippen molar-refractivity contribution in [3.8, 4) is 0 Å². The highest BCUT2D eigenvalue weighted by Gasteiger charge is 2.21. The van der Waals surface area contributed by atoms with E-state index < -0.39 is 29.6 Å². The van der Waals surface area contributed by atoms with Crippen molar-refractivity contribution in [2.24, 2.45) is 0 Å². The summed E-state index contributed by atoms with van der Waals surface area (Å²) in [4.78, 5) is 23.4. The number of hydrogen-bond donors (Lipinski definition) is 1. The highest BCUT2D eigenvalue weighted by atomic mass is 19.1. The van der Waals surface area contributed by atoms with E-state index >= 15 is 0 Å². The number of esters is 1. The first-order chi connectivity index (χ1) is 9.97. The van der Waals surface area contributed by atoms with Gasteiger partial charge in [-0.25, -0.2) is 13.6 Å². The van der Waals surface area contributed by atoms with Crippen LogP contribution in [0.5, 0.6) is 0 Å². The van der Waals surface area contributed by atoms with Gasteiger partial charge in [0.05, 0.1) is 13.5 Å². The molecule has 0 saturated carbocycles. The molecule has 1 amide bonds. The van der Waals surface area contributed by atoms with Crippen molar-refractivity contribution in [2.75, 3.05) is 7.11 Å². The summed E-state index contributed by atoms with van der Waals surface area (Å²) in [5.74, 6) is -2.52. The largest absolute Gasteiger partial charge is 0.467 e. The maximum absolute atomic E-state index is 13.5. The maximum atomic E-state index is 13.5. The monoisotopic (exact) mass is 299 g/mol. The Morgan fingerprint density at radius 2 is 2.05 bits per heavy atom. The summed E-state index contributed by atoms with van der Waals surface area (Å²) in [6.45, 7) is 1.96. The van der Waals surface area contributed by atoms with E-state index in [4.69, 9.17) is 0 Å². The first-order valence-electron chi connectivity index (χ1n) is 6.79. The van der Waals surface area contributed by atoms with Gasteiger partial charge in [-0.15, -0.1) is 0 Å². The fraction of sp³-hybridized carbons (Fsp3) is 0.467. The van der Waals surface area contributed by atoms with Crippen LogP contribution in [-0.4, -0.2) is 25.0 Å². The second kappa shape index (κ2) is 8.34. The Morgan fingerprint density at radius 3 is 2.62 bits per heavy atom. The number of benzene rings is 1. The van der Waals surface area contributed by atoms with Gasteiger partial charge >= 0.3 is 5.97 Å². The summed E-state index contributed by atoms with van der Waals surface area (Å²) < 4.78 is 30.9. The van der Waals surface area contributed by atoms with Crippen molar-refractivity contribution in [1.29, 1.82) is 0 Å². The van der Waals surface area contributed by atoms with Crippen LogP contribution in [0.2, 0.25) is 0 Å². The number of amides is 1. The first-order valence-corrected chi connectivity index (χ1v) is 6.79. The van der Waals surface area contributed by atoms with Crippen molar-refractivity contribution in [1.82, 2.24) is 5.32 Å². The summed E-state index contributed by atoms with van der Waals surface area (Å²) in [6.07, 6.45) is 1.83. The summed E-state index contributed by atoms with van der Waals surface area (Å²) in [7, 11) is 1.24. The van der Waals surface area contributed by atoms with E-state index in [1.54, 1.807) is 0 Å². The zero-order valence-electron chi connectivity index (χ0n) is 12.1. The standard InChI is InChI=1S/C15H19F2NO3/c1-3-4-5-13(15(20)21-2)18-14(19)8-10-6-7-11(16)9-12(10)17/h6-7,9,13H,3-5,8H2,1-2H3,(H,18,19)/t13-/m0/s1. The molecule has 0 radical (unpaired) electrons. The molecule has 1 aromatic rings. The Kier molecular flexibility index (Phi) is 6.78. The lowest BCUT2D eigenvalue weighted by Crippen LogP contribution is -2.42. The first kappa shape index (κ1) is 17.1. The Bertz CT molecular complexity index is 506. The molecule has 0 spiro atoms. The SMILES string of the molecule is CCCC[C@H](NC(=O)Cc1ccc(F)cc1F)C(=O)OC. The van der Waals surface area contributed by atoms with E-state index in [1.807, 2.05) is 6.92 Å². The van der Waals surface area contributed by atoms with Gasteiger partial charge in [0.15, 0.2) is 0 Å². The number of rotatable bonds is 7. The Balaban J connectivity index is 2.66. The topological polar surface area (TPSA) is 55.4 Å². The number of carbonyl (C=O) groups excluding carboxylic acids is 2. The van der Waals surface area contributed by atoms with E-state index in [1.165, 1.54) is 13.2 Å². The van der Waals surface area contributed by atoms with Gasteiger partial charge in [0.1, 0.15) is 17.7 Å². The van der Waals surface area contributed by atoms with Gasteiger partial charge in [-0.05, 0) is 18.1 Å². The summed E-state index contributed by atoms with van der Waals surface area (Å²) in [6, 6.07) is 2.27. The number of halogens is 2. The quantitative estimate of drug-likeness (QED) is 0.786. The third-order valence-corrected chi connectivity index (χ3v) is 3.03. The molecule has 0 aromatic heterocycles. The molecule has 0 aliphatic carbocycles. The Hall–Kier alpha value is -1.98. The smallest absolute Gasteiger partial charge is 0.328 e. The molecule has 1 aromatic carbocycles. The van der Waals surface area contributed by atoms with Crippen molar-refractivity contribution in [3.63, 3.8) is 0 Å². The fourth-order valence-electron chi connectivity index (χ4n) is 1.88. The molecule has 0 heterocycles. The van der Waals surface area contributed by atoms with Gasteiger partial charge in [0.2, 0.25) is 5.91 Å². The predicted octanol–water partition coefficient (Wildman–Crippen LogP) is 2.36. The minimum absolute atomic E-state index is 0.0769. The molecule has 4 nitrogen and oxygen atoms in total. The molecule has 0 unspecified atom stereocenters. The van der Waals surface area contributed by atoms with Crippen LogP contribution >= 0.6 is 0 Å². The molecule has 21 heavy (non-hydrogen) atoms. The molecule has 6 heteroatoms. The second-order valence-electron chi connectivity index (χ2n) is 4.70. The van der Waals surface area contributed by atoms with Crippen LogP contribution in [0.15, 0.2) is 18.2 Å². The lowest BCUT2D eigenvalue weighted by Gasteiger charge is -2.16. The van der Waals surface area contributed by atoms with Crippen molar-refractivity contribution >= 4 is 11.9 Å². The molecular weight excluding hydrogens is 280 g/mol. The molecule has 0 saturated heterocycles. The molecule has 1 rings (SSSR count). The van der Waals surface area contributed by atoms with Gasteiger partial charge < -0.3 is 10.1 Å². The molecule has 0 aliphatic rings. The number of ether oxygens (including phenoxy) is 1. The zero-order valence-corrected chi connectivity index (χ0v) is 12.1. The molecule has 0 bridgehead atoms. The van der Waals surface area contributed by atoms with E-state index in [9.17, 15) is 18.4 Å². The van der Waals surface area contributed by atoms with Crippen LogP contribution in [0.1, 0.15) is 31.7 Å². The molecule has 0 aliphatic heterocycles.